The number of carbonyl (C=O) groups is 1. The lowest BCUT2D eigenvalue weighted by Crippen LogP contribution is -2.36. The lowest BCUT2D eigenvalue weighted by Gasteiger charge is -2.13. The molecule has 0 unspecified atom stereocenters. The van der Waals surface area contributed by atoms with Crippen LogP contribution in [0.3, 0.4) is 0 Å². The van der Waals surface area contributed by atoms with Crippen LogP contribution in [0.4, 0.5) is 0 Å². The van der Waals surface area contributed by atoms with Crippen molar-refractivity contribution < 1.29 is 14.1 Å². The number of hydrogen-bond acceptors (Lipinski definition) is 5. The van der Waals surface area contributed by atoms with Crippen LogP contribution >= 0.6 is 0 Å². The fraction of sp³-hybridized carbons (Fsp3) is 0.286. The van der Waals surface area contributed by atoms with Crippen LogP contribution in [0.15, 0.2) is 59.1 Å². The van der Waals surface area contributed by atoms with Crippen molar-refractivity contribution in [3.63, 3.8) is 0 Å². The van der Waals surface area contributed by atoms with E-state index in [4.69, 9.17) is 9.26 Å². The first kappa shape index (κ1) is 17.3. The molecular weight excluding hydrogens is 342 g/mol. The van der Waals surface area contributed by atoms with Gasteiger partial charge in [-0.2, -0.15) is 4.98 Å². The maximum Gasteiger partial charge on any atom is 0.262 e. The van der Waals surface area contributed by atoms with Crippen LogP contribution in [0, 0.1) is 0 Å². The molecule has 4 rings (SSSR count). The highest BCUT2D eigenvalue weighted by Crippen LogP contribution is 2.30. The van der Waals surface area contributed by atoms with Gasteiger partial charge >= 0.3 is 0 Å². The summed E-state index contributed by atoms with van der Waals surface area (Å²) in [6.45, 7) is -0.0345. The average Bonchev–Trinajstić information content (AvgIpc) is 3.39. The van der Waals surface area contributed by atoms with Crippen molar-refractivity contribution in [2.24, 2.45) is 0 Å². The van der Waals surface area contributed by atoms with Crippen LogP contribution in [0.5, 0.6) is 5.75 Å². The fourth-order valence-corrected chi connectivity index (χ4v) is 3.29. The largest absolute Gasteiger partial charge is 0.483 e. The molecule has 0 radical (unpaired) electrons. The summed E-state index contributed by atoms with van der Waals surface area (Å²) in [6, 6.07) is 17.3. The van der Waals surface area contributed by atoms with Gasteiger partial charge in [-0.15, -0.1) is 0 Å². The van der Waals surface area contributed by atoms with Crippen LogP contribution in [-0.4, -0.2) is 28.7 Å². The van der Waals surface area contributed by atoms with Gasteiger partial charge in [0, 0.05) is 11.6 Å². The number of carbonyl (C=O) groups excluding carboxylic acids is 1. The van der Waals surface area contributed by atoms with E-state index < -0.39 is 0 Å². The van der Waals surface area contributed by atoms with Crippen molar-refractivity contribution in [1.29, 1.82) is 0 Å². The second-order valence-electron chi connectivity index (χ2n) is 6.62. The van der Waals surface area contributed by atoms with E-state index in [2.05, 4.69) is 15.5 Å². The molecule has 0 bridgehead atoms. The molecule has 1 aromatic heterocycles. The third-order valence-electron chi connectivity index (χ3n) is 4.65. The zero-order chi connectivity index (χ0) is 18.5. The number of para-hydroxylation sites is 1. The van der Waals surface area contributed by atoms with Gasteiger partial charge in [0.2, 0.25) is 5.82 Å². The number of rotatable bonds is 6. The monoisotopic (exact) mass is 363 g/mol. The molecular formula is C21H21N3O3. The lowest BCUT2D eigenvalue weighted by molar-refractivity contribution is -0.123. The molecule has 0 atom stereocenters. The first-order valence-corrected chi connectivity index (χ1v) is 9.20. The van der Waals surface area contributed by atoms with Crippen LogP contribution in [0.25, 0.3) is 22.8 Å². The minimum absolute atomic E-state index is 0.0345. The van der Waals surface area contributed by atoms with Gasteiger partial charge < -0.3 is 14.6 Å². The quantitative estimate of drug-likeness (QED) is 0.720. The molecule has 0 spiro atoms. The summed E-state index contributed by atoms with van der Waals surface area (Å²) in [5.41, 5.74) is 1.54. The summed E-state index contributed by atoms with van der Waals surface area (Å²) in [4.78, 5) is 16.6. The Morgan fingerprint density at radius 1 is 1.07 bits per heavy atom. The molecule has 6 heteroatoms. The summed E-state index contributed by atoms with van der Waals surface area (Å²) in [5.74, 6) is 1.31. The first-order valence-electron chi connectivity index (χ1n) is 9.20. The summed E-state index contributed by atoms with van der Waals surface area (Å²) < 4.78 is 11.2. The van der Waals surface area contributed by atoms with Gasteiger partial charge in [-0.05, 0) is 25.0 Å². The smallest absolute Gasteiger partial charge is 0.262 e. The molecule has 1 fully saturated rings. The Morgan fingerprint density at radius 2 is 1.81 bits per heavy atom. The fourth-order valence-electron chi connectivity index (χ4n) is 3.29. The minimum atomic E-state index is -0.104. The molecule has 1 saturated carbocycles. The number of nitrogens with one attached hydrogen (secondary N) is 1. The molecule has 1 amide bonds. The zero-order valence-electron chi connectivity index (χ0n) is 14.9. The molecule has 3 aromatic rings. The summed E-state index contributed by atoms with van der Waals surface area (Å²) in [7, 11) is 0. The number of amides is 1. The molecule has 1 heterocycles. The van der Waals surface area contributed by atoms with E-state index in [0.29, 0.717) is 23.0 Å². The van der Waals surface area contributed by atoms with Crippen molar-refractivity contribution in [3.05, 3.63) is 54.6 Å². The standard InChI is InChI=1S/C21H21N3O3/c25-19(22-16-10-4-5-11-16)14-26-18-13-7-6-12-17(18)21-23-20(24-27-21)15-8-2-1-3-9-15/h1-3,6-9,12-13,16H,4-5,10-11,14H2,(H,22,25). The van der Waals surface area contributed by atoms with Crippen LogP contribution in [-0.2, 0) is 4.79 Å². The van der Waals surface area contributed by atoms with Crippen molar-refractivity contribution in [1.82, 2.24) is 15.5 Å². The van der Waals surface area contributed by atoms with E-state index in [0.717, 1.165) is 18.4 Å². The van der Waals surface area contributed by atoms with Gasteiger partial charge in [-0.1, -0.05) is 60.5 Å². The third kappa shape index (κ3) is 4.16. The second kappa shape index (κ2) is 8.03. The van der Waals surface area contributed by atoms with Gasteiger partial charge in [0.25, 0.3) is 11.8 Å². The van der Waals surface area contributed by atoms with Crippen molar-refractivity contribution >= 4 is 5.91 Å². The Kier molecular flexibility index (Phi) is 5.14. The number of hydrogen-bond donors (Lipinski definition) is 1. The normalized spacial score (nSPS) is 14.2. The SMILES string of the molecule is O=C(COc1ccccc1-c1nc(-c2ccccc2)no1)NC1CCCC1. The van der Waals surface area contributed by atoms with Crippen molar-refractivity contribution in [3.8, 4) is 28.6 Å². The van der Waals surface area contributed by atoms with Gasteiger partial charge in [-0.25, -0.2) is 0 Å². The number of ether oxygens (including phenoxy) is 1. The summed E-state index contributed by atoms with van der Waals surface area (Å²) in [6.07, 6.45) is 4.45. The molecule has 27 heavy (non-hydrogen) atoms. The molecule has 138 valence electrons. The maximum atomic E-state index is 12.1. The Bertz CT molecular complexity index is 902. The van der Waals surface area contributed by atoms with E-state index in [9.17, 15) is 4.79 Å². The minimum Gasteiger partial charge on any atom is -0.483 e. The highest BCUT2D eigenvalue weighted by Gasteiger charge is 2.19. The molecule has 0 saturated heterocycles. The Morgan fingerprint density at radius 3 is 2.63 bits per heavy atom. The van der Waals surface area contributed by atoms with E-state index in [-0.39, 0.29) is 18.6 Å². The first-order chi connectivity index (χ1) is 13.3. The number of benzene rings is 2. The number of nitrogens with zero attached hydrogens (tertiary/aromatic N) is 2. The van der Waals surface area contributed by atoms with Gasteiger partial charge in [0.15, 0.2) is 6.61 Å². The van der Waals surface area contributed by atoms with Crippen LogP contribution < -0.4 is 10.1 Å². The predicted molar refractivity (Wildman–Crippen MR) is 101 cm³/mol. The Labute approximate surface area is 157 Å². The maximum absolute atomic E-state index is 12.1. The summed E-state index contributed by atoms with van der Waals surface area (Å²) >= 11 is 0. The van der Waals surface area contributed by atoms with Crippen LogP contribution in [0.2, 0.25) is 0 Å². The molecule has 6 nitrogen and oxygen atoms in total. The van der Waals surface area contributed by atoms with Gasteiger partial charge in [0.1, 0.15) is 5.75 Å². The van der Waals surface area contributed by atoms with Gasteiger partial charge in [0.05, 0.1) is 5.56 Å². The topological polar surface area (TPSA) is 77.2 Å². The molecule has 1 aliphatic carbocycles. The highest BCUT2D eigenvalue weighted by atomic mass is 16.5. The predicted octanol–water partition coefficient (Wildman–Crippen LogP) is 3.84. The second-order valence-corrected chi connectivity index (χ2v) is 6.62. The average molecular weight is 363 g/mol. The Hall–Kier alpha value is -3.15. The molecule has 0 aliphatic heterocycles. The Balaban J connectivity index is 1.46. The summed E-state index contributed by atoms with van der Waals surface area (Å²) in [5, 5.41) is 7.07. The highest BCUT2D eigenvalue weighted by molar-refractivity contribution is 5.78. The van der Waals surface area contributed by atoms with Gasteiger partial charge in [-0.3, -0.25) is 4.79 Å². The van der Waals surface area contributed by atoms with E-state index >= 15 is 0 Å². The molecule has 1 aliphatic rings. The molecule has 2 aromatic carbocycles. The third-order valence-corrected chi connectivity index (χ3v) is 4.65. The number of aromatic nitrogens is 2. The van der Waals surface area contributed by atoms with E-state index in [1.54, 1.807) is 6.07 Å². The van der Waals surface area contributed by atoms with Crippen molar-refractivity contribution in [2.75, 3.05) is 6.61 Å². The zero-order valence-corrected chi connectivity index (χ0v) is 14.9. The lowest BCUT2D eigenvalue weighted by atomic mass is 10.2. The van der Waals surface area contributed by atoms with E-state index in [1.807, 2.05) is 48.5 Å². The van der Waals surface area contributed by atoms with Crippen molar-refractivity contribution in [2.45, 2.75) is 31.7 Å². The van der Waals surface area contributed by atoms with Crippen LogP contribution in [0.1, 0.15) is 25.7 Å². The van der Waals surface area contributed by atoms with E-state index in [1.165, 1.54) is 12.8 Å². The molecule has 1 N–H and O–H groups in total.